The number of amides is 2. The largest absolute Gasteiger partial charge is 0.461 e. The highest BCUT2D eigenvalue weighted by Crippen LogP contribution is 2.36. The molecule has 1 aliphatic rings. The van der Waals surface area contributed by atoms with Gasteiger partial charge >= 0.3 is 0 Å². The summed E-state index contributed by atoms with van der Waals surface area (Å²) in [6.45, 7) is 2.64. The van der Waals surface area contributed by atoms with Crippen molar-refractivity contribution in [1.82, 2.24) is 4.90 Å². The molecule has 0 spiro atoms. The van der Waals surface area contributed by atoms with E-state index in [-0.39, 0.29) is 24.4 Å². The van der Waals surface area contributed by atoms with Crippen LogP contribution in [0.15, 0.2) is 40.8 Å². The number of carbonyl (C=O) groups is 2. The molecule has 1 fully saturated rings. The summed E-state index contributed by atoms with van der Waals surface area (Å²) in [5, 5.41) is 3.90. The van der Waals surface area contributed by atoms with Crippen LogP contribution in [0.2, 0.25) is 0 Å². The number of rotatable bonds is 4. The van der Waals surface area contributed by atoms with Gasteiger partial charge in [0.15, 0.2) is 0 Å². The summed E-state index contributed by atoms with van der Waals surface area (Å²) in [4.78, 5) is 28.1. The molecule has 140 valence electrons. The second-order valence-electron chi connectivity index (χ2n) is 6.72. The zero-order chi connectivity index (χ0) is 19.0. The number of nitrogens with zero attached hydrogens (tertiary/aromatic N) is 1. The molecular weight excluding hydrogens is 362 g/mol. The first-order chi connectivity index (χ1) is 13.0. The Labute approximate surface area is 160 Å². The maximum atomic E-state index is 12.6. The molecule has 1 aromatic carbocycles. The fourth-order valence-electron chi connectivity index (χ4n) is 3.58. The maximum Gasteiger partial charge on any atom is 0.265 e. The fraction of sp³-hybridized carbons (Fsp3) is 0.300. The van der Waals surface area contributed by atoms with Crippen LogP contribution in [-0.4, -0.2) is 29.8 Å². The van der Waals surface area contributed by atoms with Crippen molar-refractivity contribution in [1.29, 1.82) is 0 Å². The molecule has 3 aromatic rings. The molecule has 0 radical (unpaired) electrons. The molecule has 2 amide bonds. The number of fused-ring (bicyclic) bond motifs is 1. The minimum atomic E-state index is -0.152. The third-order valence-corrected chi connectivity index (χ3v) is 6.01. The van der Waals surface area contributed by atoms with Crippen LogP contribution < -0.4 is 11.1 Å². The number of hydrogen-bond acceptors (Lipinski definition) is 5. The molecule has 0 aliphatic carbocycles. The van der Waals surface area contributed by atoms with E-state index >= 15 is 0 Å². The smallest absolute Gasteiger partial charge is 0.265 e. The fourth-order valence-corrected chi connectivity index (χ4v) is 4.63. The third-order valence-electron chi connectivity index (χ3n) is 4.82. The van der Waals surface area contributed by atoms with Gasteiger partial charge in [-0.05, 0) is 56.2 Å². The molecule has 3 N–H and O–H groups in total. The van der Waals surface area contributed by atoms with E-state index < -0.39 is 0 Å². The SMILES string of the molecule is Cc1cc2cc(NC(=O)c3ccc([C@@H]4CCCN4C(=O)CN)s3)ccc2o1. The lowest BCUT2D eigenvalue weighted by Crippen LogP contribution is -2.35. The molecule has 3 heterocycles. The van der Waals surface area contributed by atoms with Crippen LogP contribution in [-0.2, 0) is 4.79 Å². The highest BCUT2D eigenvalue weighted by atomic mass is 32.1. The zero-order valence-corrected chi connectivity index (χ0v) is 15.8. The molecule has 1 saturated heterocycles. The Morgan fingerprint density at radius 2 is 2.15 bits per heavy atom. The Morgan fingerprint density at radius 1 is 1.30 bits per heavy atom. The van der Waals surface area contributed by atoms with Crippen molar-refractivity contribution in [2.45, 2.75) is 25.8 Å². The number of benzene rings is 1. The summed E-state index contributed by atoms with van der Waals surface area (Å²) >= 11 is 1.43. The number of nitrogens with two attached hydrogens (primary N) is 1. The quantitative estimate of drug-likeness (QED) is 0.719. The molecule has 0 saturated carbocycles. The van der Waals surface area contributed by atoms with Crippen LogP contribution >= 0.6 is 11.3 Å². The molecule has 0 unspecified atom stereocenters. The van der Waals surface area contributed by atoms with Crippen molar-refractivity contribution in [2.75, 3.05) is 18.4 Å². The van der Waals surface area contributed by atoms with Gasteiger partial charge in [-0.15, -0.1) is 11.3 Å². The molecule has 6 nitrogen and oxygen atoms in total. The van der Waals surface area contributed by atoms with Crippen molar-refractivity contribution in [3.05, 3.63) is 51.9 Å². The highest BCUT2D eigenvalue weighted by Gasteiger charge is 2.30. The zero-order valence-electron chi connectivity index (χ0n) is 15.0. The first kappa shape index (κ1) is 17.8. The Hall–Kier alpha value is -2.64. The van der Waals surface area contributed by atoms with Gasteiger partial charge < -0.3 is 20.4 Å². The van der Waals surface area contributed by atoms with E-state index in [1.54, 1.807) is 0 Å². The lowest BCUT2D eigenvalue weighted by molar-refractivity contribution is -0.130. The van der Waals surface area contributed by atoms with E-state index in [1.807, 2.05) is 48.2 Å². The van der Waals surface area contributed by atoms with Crippen LogP contribution in [0.5, 0.6) is 0 Å². The summed E-state index contributed by atoms with van der Waals surface area (Å²) < 4.78 is 5.56. The minimum Gasteiger partial charge on any atom is -0.461 e. The van der Waals surface area contributed by atoms with E-state index in [4.69, 9.17) is 10.2 Å². The summed E-state index contributed by atoms with van der Waals surface area (Å²) in [6, 6.07) is 11.3. The van der Waals surface area contributed by atoms with E-state index in [0.717, 1.165) is 46.7 Å². The van der Waals surface area contributed by atoms with Crippen LogP contribution in [0.1, 0.15) is 39.2 Å². The lowest BCUT2D eigenvalue weighted by atomic mass is 10.2. The average Bonchev–Trinajstić information content (AvgIpc) is 3.38. The number of thiophene rings is 1. The number of likely N-dealkylation sites (tertiary alicyclic amines) is 1. The number of carbonyl (C=O) groups excluding carboxylic acids is 2. The summed E-state index contributed by atoms with van der Waals surface area (Å²) in [5.41, 5.74) is 7.04. The van der Waals surface area contributed by atoms with Crippen LogP contribution in [0.4, 0.5) is 5.69 Å². The molecular formula is C20H21N3O3S. The van der Waals surface area contributed by atoms with Gasteiger partial charge in [0, 0.05) is 22.5 Å². The monoisotopic (exact) mass is 383 g/mol. The van der Waals surface area contributed by atoms with Crippen molar-refractivity contribution >= 4 is 39.8 Å². The van der Waals surface area contributed by atoms with Gasteiger partial charge in [-0.25, -0.2) is 0 Å². The standard InChI is InChI=1S/C20H21N3O3S/c1-12-9-13-10-14(4-5-16(13)26-12)22-20(25)18-7-6-17(27-18)15-3-2-8-23(15)19(24)11-21/h4-7,9-10,15H,2-3,8,11,21H2,1H3,(H,22,25)/t15-/m0/s1. The normalized spacial score (nSPS) is 16.8. The molecule has 2 aromatic heterocycles. The molecule has 0 bridgehead atoms. The summed E-state index contributed by atoms with van der Waals surface area (Å²) in [5.74, 6) is 0.644. The first-order valence-electron chi connectivity index (χ1n) is 8.96. The van der Waals surface area contributed by atoms with Crippen LogP contribution in [0.3, 0.4) is 0 Å². The average molecular weight is 383 g/mol. The van der Waals surface area contributed by atoms with E-state index in [9.17, 15) is 9.59 Å². The molecule has 1 atom stereocenters. The number of aryl methyl sites for hydroxylation is 1. The Kier molecular flexibility index (Phi) is 4.72. The van der Waals surface area contributed by atoms with Gasteiger partial charge in [-0.1, -0.05) is 0 Å². The van der Waals surface area contributed by atoms with E-state index in [2.05, 4.69) is 5.32 Å². The second-order valence-corrected chi connectivity index (χ2v) is 7.83. The first-order valence-corrected chi connectivity index (χ1v) is 9.77. The Bertz CT molecular complexity index is 1010. The lowest BCUT2D eigenvalue weighted by Gasteiger charge is -2.23. The predicted molar refractivity (Wildman–Crippen MR) is 106 cm³/mol. The number of anilines is 1. The Morgan fingerprint density at radius 3 is 2.96 bits per heavy atom. The van der Waals surface area contributed by atoms with Crippen molar-refractivity contribution < 1.29 is 14.0 Å². The topological polar surface area (TPSA) is 88.6 Å². The second kappa shape index (κ2) is 7.17. The highest BCUT2D eigenvalue weighted by molar-refractivity contribution is 7.14. The van der Waals surface area contributed by atoms with E-state index in [1.165, 1.54) is 11.3 Å². The molecule has 4 rings (SSSR count). The van der Waals surface area contributed by atoms with E-state index in [0.29, 0.717) is 4.88 Å². The maximum absolute atomic E-state index is 12.6. The van der Waals surface area contributed by atoms with Crippen LogP contribution in [0, 0.1) is 6.92 Å². The van der Waals surface area contributed by atoms with Crippen LogP contribution in [0.25, 0.3) is 11.0 Å². The predicted octanol–water partition coefficient (Wildman–Crippen LogP) is 3.68. The molecule has 27 heavy (non-hydrogen) atoms. The Balaban J connectivity index is 1.50. The van der Waals surface area contributed by atoms with Crippen molar-refractivity contribution in [2.24, 2.45) is 5.73 Å². The number of furan rings is 1. The van der Waals surface area contributed by atoms with Crippen molar-refractivity contribution in [3.63, 3.8) is 0 Å². The third kappa shape index (κ3) is 3.48. The molecule has 1 aliphatic heterocycles. The summed E-state index contributed by atoms with van der Waals surface area (Å²) in [6.07, 6.45) is 1.86. The van der Waals surface area contributed by atoms with Gasteiger partial charge in [0.2, 0.25) is 5.91 Å². The number of hydrogen-bond donors (Lipinski definition) is 2. The van der Waals surface area contributed by atoms with Gasteiger partial charge in [-0.2, -0.15) is 0 Å². The van der Waals surface area contributed by atoms with Gasteiger partial charge in [0.25, 0.3) is 5.91 Å². The van der Waals surface area contributed by atoms with Gasteiger partial charge in [0.05, 0.1) is 17.5 Å². The summed E-state index contributed by atoms with van der Waals surface area (Å²) in [7, 11) is 0. The van der Waals surface area contributed by atoms with Gasteiger partial charge in [0.1, 0.15) is 11.3 Å². The number of nitrogens with one attached hydrogen (secondary N) is 1. The minimum absolute atomic E-state index is 0.0190. The molecule has 7 heteroatoms. The van der Waals surface area contributed by atoms with Gasteiger partial charge in [-0.3, -0.25) is 9.59 Å². The van der Waals surface area contributed by atoms with Crippen molar-refractivity contribution in [3.8, 4) is 0 Å².